The van der Waals surface area contributed by atoms with Crippen LogP contribution in [0.4, 0.5) is 5.69 Å². The molecule has 0 saturated heterocycles. The third-order valence-corrected chi connectivity index (χ3v) is 2.67. The molecule has 1 unspecified atom stereocenters. The summed E-state index contributed by atoms with van der Waals surface area (Å²) in [5.74, 6) is 0.915. The van der Waals surface area contributed by atoms with Crippen molar-refractivity contribution in [2.24, 2.45) is 10.9 Å². The second-order valence-electron chi connectivity index (χ2n) is 3.92. The minimum absolute atomic E-state index is 0.0996. The van der Waals surface area contributed by atoms with Crippen LogP contribution in [0.5, 0.6) is 0 Å². The molecule has 0 radical (unpaired) electrons. The predicted octanol–water partition coefficient (Wildman–Crippen LogP) is 2.52. The molecule has 1 aromatic rings. The maximum Gasteiger partial charge on any atom is 0.120 e. The number of carbonyl (C=O) groups excluding carboxylic acids is 1. The van der Waals surface area contributed by atoms with Crippen LogP contribution in [0.25, 0.3) is 5.70 Å². The van der Waals surface area contributed by atoms with Gasteiger partial charge in [-0.05, 0) is 6.07 Å². The number of aliphatic imine (C=N–C) groups is 1. The van der Waals surface area contributed by atoms with E-state index in [4.69, 9.17) is 0 Å². The van der Waals surface area contributed by atoms with E-state index in [0.29, 0.717) is 6.42 Å². The monoisotopic (exact) mass is 214 g/mol. The summed E-state index contributed by atoms with van der Waals surface area (Å²) in [7, 11) is 0. The van der Waals surface area contributed by atoms with Crippen molar-refractivity contribution >= 4 is 23.5 Å². The SMILES string of the molecule is C=C1NC(C(C)CC=O)=Nc2ccccc21. The molecule has 1 aliphatic heterocycles. The molecule has 0 saturated carbocycles. The summed E-state index contributed by atoms with van der Waals surface area (Å²) >= 11 is 0. The number of carbonyl (C=O) groups is 1. The Balaban J connectivity index is 2.36. The molecule has 0 spiro atoms. The molecule has 0 amide bonds. The van der Waals surface area contributed by atoms with Crippen molar-refractivity contribution in [3.05, 3.63) is 36.4 Å². The van der Waals surface area contributed by atoms with Gasteiger partial charge < -0.3 is 10.1 Å². The maximum atomic E-state index is 10.5. The molecule has 0 aromatic heterocycles. The van der Waals surface area contributed by atoms with Crippen molar-refractivity contribution in [2.75, 3.05) is 0 Å². The number of aldehydes is 1. The second kappa shape index (κ2) is 4.31. The number of para-hydroxylation sites is 1. The van der Waals surface area contributed by atoms with Crippen LogP contribution < -0.4 is 5.32 Å². The third kappa shape index (κ3) is 1.89. The summed E-state index contributed by atoms with van der Waals surface area (Å²) in [5.41, 5.74) is 2.78. The molecule has 82 valence electrons. The third-order valence-electron chi connectivity index (χ3n) is 2.67. The van der Waals surface area contributed by atoms with Gasteiger partial charge in [0.15, 0.2) is 0 Å². The minimum atomic E-state index is 0.0996. The molecule has 2 rings (SSSR count). The van der Waals surface area contributed by atoms with Crippen molar-refractivity contribution in [1.82, 2.24) is 5.32 Å². The fourth-order valence-corrected chi connectivity index (χ4v) is 1.70. The van der Waals surface area contributed by atoms with Crippen molar-refractivity contribution in [3.8, 4) is 0 Å². The number of fused-ring (bicyclic) bond motifs is 1. The van der Waals surface area contributed by atoms with E-state index in [1.54, 1.807) is 0 Å². The lowest BCUT2D eigenvalue weighted by Gasteiger charge is -2.22. The lowest BCUT2D eigenvalue weighted by atomic mass is 10.0. The highest BCUT2D eigenvalue weighted by Gasteiger charge is 2.18. The highest BCUT2D eigenvalue weighted by molar-refractivity contribution is 5.99. The number of hydrogen-bond acceptors (Lipinski definition) is 3. The van der Waals surface area contributed by atoms with Gasteiger partial charge in [0.2, 0.25) is 0 Å². The van der Waals surface area contributed by atoms with Gasteiger partial charge in [-0.1, -0.05) is 31.7 Å². The van der Waals surface area contributed by atoms with Crippen LogP contribution in [0.15, 0.2) is 35.8 Å². The lowest BCUT2D eigenvalue weighted by molar-refractivity contribution is -0.108. The van der Waals surface area contributed by atoms with Crippen LogP contribution in [0.1, 0.15) is 18.9 Å². The van der Waals surface area contributed by atoms with E-state index in [1.165, 1.54) is 0 Å². The first-order valence-electron chi connectivity index (χ1n) is 5.30. The molecule has 0 fully saturated rings. The van der Waals surface area contributed by atoms with Crippen molar-refractivity contribution in [1.29, 1.82) is 0 Å². The Hall–Kier alpha value is -1.90. The molecule has 3 heteroatoms. The van der Waals surface area contributed by atoms with Gasteiger partial charge in [0, 0.05) is 23.6 Å². The summed E-state index contributed by atoms with van der Waals surface area (Å²) < 4.78 is 0. The Morgan fingerprint density at radius 3 is 3.00 bits per heavy atom. The zero-order chi connectivity index (χ0) is 11.5. The average molecular weight is 214 g/mol. The van der Waals surface area contributed by atoms with Crippen LogP contribution >= 0.6 is 0 Å². The Kier molecular flexibility index (Phi) is 2.86. The molecule has 1 heterocycles. The van der Waals surface area contributed by atoms with E-state index in [9.17, 15) is 4.79 Å². The Morgan fingerprint density at radius 2 is 2.25 bits per heavy atom. The van der Waals surface area contributed by atoms with Crippen molar-refractivity contribution in [2.45, 2.75) is 13.3 Å². The molecule has 1 aromatic carbocycles. The van der Waals surface area contributed by atoms with Crippen molar-refractivity contribution in [3.63, 3.8) is 0 Å². The van der Waals surface area contributed by atoms with Gasteiger partial charge in [-0.25, -0.2) is 4.99 Å². The van der Waals surface area contributed by atoms with Crippen LogP contribution in [-0.4, -0.2) is 12.1 Å². The molecular weight excluding hydrogens is 200 g/mol. The summed E-state index contributed by atoms with van der Waals surface area (Å²) in [6.45, 7) is 5.94. The molecule has 3 nitrogen and oxygen atoms in total. The largest absolute Gasteiger partial charge is 0.343 e. The minimum Gasteiger partial charge on any atom is -0.343 e. The molecular formula is C13H14N2O. The number of nitrogens with one attached hydrogen (secondary N) is 1. The number of benzene rings is 1. The smallest absolute Gasteiger partial charge is 0.120 e. The number of rotatable bonds is 3. The van der Waals surface area contributed by atoms with E-state index in [0.717, 1.165) is 29.1 Å². The van der Waals surface area contributed by atoms with Gasteiger partial charge in [-0.3, -0.25) is 0 Å². The highest BCUT2D eigenvalue weighted by Crippen LogP contribution is 2.28. The van der Waals surface area contributed by atoms with E-state index in [2.05, 4.69) is 16.9 Å². The van der Waals surface area contributed by atoms with E-state index in [-0.39, 0.29) is 5.92 Å². The fraction of sp³-hybridized carbons (Fsp3) is 0.231. The summed E-state index contributed by atoms with van der Waals surface area (Å²) in [6, 6.07) is 7.84. The van der Waals surface area contributed by atoms with E-state index in [1.807, 2.05) is 31.2 Å². The standard InChI is InChI=1S/C13H14N2O/c1-9(7-8-16)13-14-10(2)11-5-3-4-6-12(11)15-13/h3-6,8-9H,2,7H2,1H3,(H,14,15). The van der Waals surface area contributed by atoms with Gasteiger partial charge >= 0.3 is 0 Å². The maximum absolute atomic E-state index is 10.5. The zero-order valence-corrected chi connectivity index (χ0v) is 9.23. The van der Waals surface area contributed by atoms with Gasteiger partial charge in [0.05, 0.1) is 5.69 Å². The number of nitrogens with zero attached hydrogens (tertiary/aromatic N) is 1. The first-order chi connectivity index (χ1) is 7.72. The first-order valence-corrected chi connectivity index (χ1v) is 5.30. The molecule has 1 aliphatic rings. The summed E-state index contributed by atoms with van der Waals surface area (Å²) in [6.07, 6.45) is 1.39. The Morgan fingerprint density at radius 1 is 1.50 bits per heavy atom. The molecule has 1 N–H and O–H groups in total. The van der Waals surface area contributed by atoms with Crippen LogP contribution in [0, 0.1) is 5.92 Å². The summed E-state index contributed by atoms with van der Waals surface area (Å²) in [5, 5.41) is 3.15. The molecule has 16 heavy (non-hydrogen) atoms. The fourth-order valence-electron chi connectivity index (χ4n) is 1.70. The van der Waals surface area contributed by atoms with Crippen LogP contribution in [0.3, 0.4) is 0 Å². The quantitative estimate of drug-likeness (QED) is 0.785. The zero-order valence-electron chi connectivity index (χ0n) is 9.23. The lowest BCUT2D eigenvalue weighted by Crippen LogP contribution is -2.30. The number of amidine groups is 1. The van der Waals surface area contributed by atoms with Crippen molar-refractivity contribution < 1.29 is 4.79 Å². The second-order valence-corrected chi connectivity index (χ2v) is 3.92. The Labute approximate surface area is 94.9 Å². The van der Waals surface area contributed by atoms with Crippen LogP contribution in [-0.2, 0) is 4.79 Å². The highest BCUT2D eigenvalue weighted by atomic mass is 16.1. The molecule has 0 bridgehead atoms. The molecule has 0 aliphatic carbocycles. The average Bonchev–Trinajstić information content (AvgIpc) is 2.29. The molecule has 1 atom stereocenters. The van der Waals surface area contributed by atoms with Gasteiger partial charge in [0.1, 0.15) is 12.1 Å². The van der Waals surface area contributed by atoms with Gasteiger partial charge in [-0.2, -0.15) is 0 Å². The normalized spacial score (nSPS) is 15.8. The van der Waals surface area contributed by atoms with Crippen LogP contribution in [0.2, 0.25) is 0 Å². The van der Waals surface area contributed by atoms with E-state index >= 15 is 0 Å². The number of hydrogen-bond donors (Lipinski definition) is 1. The van der Waals surface area contributed by atoms with Gasteiger partial charge in [-0.15, -0.1) is 0 Å². The first kappa shape index (κ1) is 10.6. The van der Waals surface area contributed by atoms with Gasteiger partial charge in [0.25, 0.3) is 0 Å². The van der Waals surface area contributed by atoms with E-state index < -0.39 is 0 Å². The summed E-state index contributed by atoms with van der Waals surface area (Å²) in [4.78, 5) is 15.0. The Bertz CT molecular complexity index is 463. The predicted molar refractivity (Wildman–Crippen MR) is 65.6 cm³/mol. The topological polar surface area (TPSA) is 41.5 Å².